The van der Waals surface area contributed by atoms with Crippen molar-refractivity contribution in [3.8, 4) is 0 Å². The van der Waals surface area contributed by atoms with Crippen LogP contribution in [0.1, 0.15) is 13.8 Å². The molecule has 1 aromatic carbocycles. The van der Waals surface area contributed by atoms with Gasteiger partial charge in [0.15, 0.2) is 0 Å². The predicted octanol–water partition coefficient (Wildman–Crippen LogP) is 3.48. The summed E-state index contributed by atoms with van der Waals surface area (Å²) in [6, 6.07) is 9.14. The minimum atomic E-state index is -2.89. The topological polar surface area (TPSA) is 26.3 Å². The van der Waals surface area contributed by atoms with Crippen molar-refractivity contribution < 1.29 is 9.09 Å². The number of benzene rings is 1. The van der Waals surface area contributed by atoms with Crippen LogP contribution in [0.4, 0.5) is 0 Å². The molecule has 0 bridgehead atoms. The minimum absolute atomic E-state index is 0.509. The molecule has 1 heterocycles. The Balaban J connectivity index is 2.45. The van der Waals surface area contributed by atoms with Crippen LogP contribution in [0.25, 0.3) is 0 Å². The number of rotatable bonds is 1. The summed E-state index contributed by atoms with van der Waals surface area (Å²) in [5, 5.41) is 1.20. The Kier molecular flexibility index (Phi) is 2.54. The van der Waals surface area contributed by atoms with E-state index in [-0.39, 0.29) is 0 Å². The van der Waals surface area contributed by atoms with Gasteiger partial charge >= 0.3 is 0 Å². The molecule has 2 rings (SSSR count). The molecule has 1 aliphatic heterocycles. The van der Waals surface area contributed by atoms with Gasteiger partial charge in [-0.3, -0.25) is 4.57 Å². The summed E-state index contributed by atoms with van der Waals surface area (Å²) >= 11 is 6.00. The van der Waals surface area contributed by atoms with Gasteiger partial charge < -0.3 is 4.52 Å². The third kappa shape index (κ3) is 1.90. The highest BCUT2D eigenvalue weighted by Gasteiger charge is 2.41. The highest BCUT2D eigenvalue weighted by molar-refractivity contribution is 7.70. The Bertz CT molecular complexity index is 451. The first kappa shape index (κ1) is 10.9. The van der Waals surface area contributed by atoms with Crippen molar-refractivity contribution in [1.29, 1.82) is 0 Å². The summed E-state index contributed by atoms with van der Waals surface area (Å²) in [5.74, 6) is 1.55. The summed E-state index contributed by atoms with van der Waals surface area (Å²) in [6.45, 7) is 3.63. The van der Waals surface area contributed by atoms with Gasteiger partial charge in [0.2, 0.25) is 0 Å². The van der Waals surface area contributed by atoms with Gasteiger partial charge in [-0.1, -0.05) is 29.8 Å². The first-order valence-corrected chi connectivity index (χ1v) is 6.76. The van der Waals surface area contributed by atoms with Crippen LogP contribution in [-0.4, -0.2) is 5.60 Å². The molecule has 1 aliphatic rings. The SMILES string of the molecule is CC1(C)OP(=O)(c2ccccc2)C=C1Cl. The highest BCUT2D eigenvalue weighted by atomic mass is 35.5. The smallest absolute Gasteiger partial charge is 0.256 e. The lowest BCUT2D eigenvalue weighted by atomic mass is 10.1. The van der Waals surface area contributed by atoms with Crippen molar-refractivity contribution in [3.05, 3.63) is 41.2 Å². The van der Waals surface area contributed by atoms with Crippen LogP contribution in [-0.2, 0) is 9.09 Å². The van der Waals surface area contributed by atoms with E-state index < -0.39 is 13.0 Å². The van der Waals surface area contributed by atoms with Gasteiger partial charge in [0.05, 0.1) is 5.03 Å². The van der Waals surface area contributed by atoms with Crippen LogP contribution in [0.3, 0.4) is 0 Å². The average molecular weight is 243 g/mol. The fourth-order valence-electron chi connectivity index (χ4n) is 1.48. The van der Waals surface area contributed by atoms with Gasteiger partial charge in [-0.2, -0.15) is 0 Å². The lowest BCUT2D eigenvalue weighted by molar-refractivity contribution is 0.178. The van der Waals surface area contributed by atoms with Gasteiger partial charge in [-0.25, -0.2) is 0 Å². The Morgan fingerprint density at radius 1 is 1.27 bits per heavy atom. The van der Waals surface area contributed by atoms with E-state index in [1.54, 1.807) is 17.9 Å². The Morgan fingerprint density at radius 3 is 2.33 bits per heavy atom. The van der Waals surface area contributed by atoms with Crippen molar-refractivity contribution in [1.82, 2.24) is 0 Å². The fraction of sp³-hybridized carbons (Fsp3) is 0.273. The van der Waals surface area contributed by atoms with Crippen LogP contribution < -0.4 is 5.30 Å². The van der Waals surface area contributed by atoms with E-state index in [0.717, 1.165) is 0 Å². The van der Waals surface area contributed by atoms with Crippen LogP contribution in [0.2, 0.25) is 0 Å². The zero-order valence-electron chi connectivity index (χ0n) is 8.61. The zero-order valence-corrected chi connectivity index (χ0v) is 10.3. The number of hydrogen-bond donors (Lipinski definition) is 0. The van der Waals surface area contributed by atoms with E-state index in [9.17, 15) is 4.57 Å². The molecule has 4 heteroatoms. The quantitative estimate of drug-likeness (QED) is 0.705. The third-order valence-electron chi connectivity index (χ3n) is 2.34. The van der Waals surface area contributed by atoms with Gasteiger partial charge in [0, 0.05) is 11.1 Å². The molecule has 0 N–H and O–H groups in total. The summed E-state index contributed by atoms with van der Waals surface area (Å²) in [7, 11) is -2.89. The van der Waals surface area contributed by atoms with Gasteiger partial charge in [-0.15, -0.1) is 0 Å². The first-order chi connectivity index (χ1) is 6.94. The predicted molar refractivity (Wildman–Crippen MR) is 62.8 cm³/mol. The standard InChI is InChI=1S/C11H12ClO2P/c1-11(2)10(12)8-15(13,14-11)9-6-4-3-5-7-9/h3-8H,1-2H3. The van der Waals surface area contributed by atoms with Gasteiger partial charge in [-0.05, 0) is 26.0 Å². The molecule has 0 aromatic heterocycles. The maximum Gasteiger partial charge on any atom is 0.256 e. The van der Waals surface area contributed by atoms with Crippen LogP contribution >= 0.6 is 19.0 Å². The molecule has 0 fully saturated rings. The van der Waals surface area contributed by atoms with Crippen molar-refractivity contribution in [2.75, 3.05) is 0 Å². The van der Waals surface area contributed by atoms with E-state index in [4.69, 9.17) is 16.1 Å². The molecule has 0 saturated heterocycles. The zero-order chi connectivity index (χ0) is 11.1. The normalized spacial score (nSPS) is 28.9. The molecule has 0 amide bonds. The minimum Gasteiger partial charge on any atom is -0.311 e. The fourth-order valence-corrected chi connectivity index (χ4v) is 4.24. The van der Waals surface area contributed by atoms with E-state index in [2.05, 4.69) is 0 Å². The molecule has 1 unspecified atom stereocenters. The Morgan fingerprint density at radius 2 is 1.87 bits per heavy atom. The molecule has 1 atom stereocenters. The lowest BCUT2D eigenvalue weighted by Crippen LogP contribution is -2.19. The summed E-state index contributed by atoms with van der Waals surface area (Å²) < 4.78 is 18.0. The van der Waals surface area contributed by atoms with E-state index in [1.807, 2.05) is 32.0 Å². The summed E-state index contributed by atoms with van der Waals surface area (Å²) in [6.07, 6.45) is 0. The molecule has 0 radical (unpaired) electrons. The molecule has 0 saturated carbocycles. The summed E-state index contributed by atoms with van der Waals surface area (Å²) in [4.78, 5) is 0. The van der Waals surface area contributed by atoms with Crippen molar-refractivity contribution in [3.63, 3.8) is 0 Å². The Hall–Kier alpha value is -0.560. The molecule has 1 aromatic rings. The average Bonchev–Trinajstić information content (AvgIpc) is 2.38. The second kappa shape index (κ2) is 3.48. The maximum atomic E-state index is 12.5. The first-order valence-electron chi connectivity index (χ1n) is 4.69. The van der Waals surface area contributed by atoms with Crippen LogP contribution in [0, 0.1) is 0 Å². The highest BCUT2D eigenvalue weighted by Crippen LogP contribution is 2.59. The van der Waals surface area contributed by atoms with E-state index >= 15 is 0 Å². The lowest BCUT2D eigenvalue weighted by Gasteiger charge is -2.20. The van der Waals surface area contributed by atoms with Gasteiger partial charge in [0.1, 0.15) is 5.60 Å². The molecule has 2 nitrogen and oxygen atoms in total. The third-order valence-corrected chi connectivity index (χ3v) is 5.40. The number of halogens is 1. The summed E-state index contributed by atoms with van der Waals surface area (Å²) in [5.41, 5.74) is -0.646. The van der Waals surface area contributed by atoms with E-state index in [1.165, 1.54) is 0 Å². The van der Waals surface area contributed by atoms with Gasteiger partial charge in [0.25, 0.3) is 7.37 Å². The van der Waals surface area contributed by atoms with Crippen molar-refractivity contribution in [2.45, 2.75) is 19.4 Å². The molecule has 15 heavy (non-hydrogen) atoms. The largest absolute Gasteiger partial charge is 0.311 e. The molecule has 80 valence electrons. The second-order valence-corrected chi connectivity index (χ2v) is 6.57. The monoisotopic (exact) mass is 242 g/mol. The van der Waals surface area contributed by atoms with Crippen LogP contribution in [0.5, 0.6) is 0 Å². The molecular weight excluding hydrogens is 231 g/mol. The Labute approximate surface area is 94.4 Å². The van der Waals surface area contributed by atoms with E-state index in [0.29, 0.717) is 10.3 Å². The molecule has 0 spiro atoms. The second-order valence-electron chi connectivity index (χ2n) is 4.01. The van der Waals surface area contributed by atoms with Crippen molar-refractivity contribution >= 4 is 24.3 Å². The number of hydrogen-bond acceptors (Lipinski definition) is 2. The van der Waals surface area contributed by atoms with Crippen molar-refractivity contribution in [2.24, 2.45) is 0 Å². The molecule has 0 aliphatic carbocycles. The molecular formula is C11H12ClO2P. The van der Waals surface area contributed by atoms with Crippen LogP contribution in [0.15, 0.2) is 41.2 Å². The maximum absolute atomic E-state index is 12.5.